The van der Waals surface area contributed by atoms with Gasteiger partial charge in [-0.3, -0.25) is 0 Å². The van der Waals surface area contributed by atoms with E-state index in [0.29, 0.717) is 5.15 Å². The molecule has 0 aliphatic rings. The summed E-state index contributed by atoms with van der Waals surface area (Å²) in [6.07, 6.45) is 1.17. The van der Waals surface area contributed by atoms with Crippen molar-refractivity contribution < 1.29 is 0 Å². The lowest BCUT2D eigenvalue weighted by atomic mass is 10.5. The second-order valence-electron chi connectivity index (χ2n) is 2.15. The Morgan fingerprint density at radius 2 is 2.36 bits per heavy atom. The van der Waals surface area contributed by atoms with Crippen LogP contribution in [0.4, 0.5) is 0 Å². The third-order valence-electron chi connectivity index (χ3n) is 1.14. The Bertz CT molecular complexity index is 227. The zero-order chi connectivity index (χ0) is 8.10. The van der Waals surface area contributed by atoms with Gasteiger partial charge < -0.3 is 0 Å². The van der Waals surface area contributed by atoms with E-state index < -0.39 is 0 Å². The topological polar surface area (TPSA) is 12.9 Å². The van der Waals surface area contributed by atoms with Gasteiger partial charge in [0.25, 0.3) is 0 Å². The van der Waals surface area contributed by atoms with Crippen molar-refractivity contribution in [2.75, 3.05) is 5.75 Å². The van der Waals surface area contributed by atoms with Gasteiger partial charge in [-0.05, 0) is 24.3 Å². The molecule has 0 saturated heterocycles. The summed E-state index contributed by atoms with van der Waals surface area (Å²) in [6.45, 7) is 2.15. The molecule has 1 heterocycles. The zero-order valence-corrected chi connectivity index (χ0v) is 7.95. The Morgan fingerprint density at radius 3 is 3.00 bits per heavy atom. The monoisotopic (exact) mass is 187 g/mol. The second kappa shape index (κ2) is 4.62. The fourth-order valence-electron chi connectivity index (χ4n) is 0.677. The molecule has 0 aromatic carbocycles. The number of pyridine rings is 1. The highest BCUT2D eigenvalue weighted by molar-refractivity contribution is 7.99. The van der Waals surface area contributed by atoms with E-state index in [0.717, 1.165) is 10.8 Å². The number of hydrogen-bond donors (Lipinski definition) is 0. The van der Waals surface area contributed by atoms with E-state index in [4.69, 9.17) is 11.6 Å². The Morgan fingerprint density at radius 1 is 1.55 bits per heavy atom. The third kappa shape index (κ3) is 3.12. The van der Waals surface area contributed by atoms with Crippen LogP contribution < -0.4 is 0 Å². The zero-order valence-electron chi connectivity index (χ0n) is 6.38. The maximum atomic E-state index is 5.70. The minimum Gasteiger partial charge on any atom is -0.230 e. The summed E-state index contributed by atoms with van der Waals surface area (Å²) >= 11 is 7.44. The van der Waals surface area contributed by atoms with Crippen LogP contribution in [0, 0.1) is 0 Å². The van der Waals surface area contributed by atoms with Crippen LogP contribution >= 0.6 is 23.4 Å². The summed E-state index contributed by atoms with van der Waals surface area (Å²) in [4.78, 5) is 4.14. The Balaban J connectivity index is 2.56. The lowest BCUT2D eigenvalue weighted by Gasteiger charge is -1.97. The lowest BCUT2D eigenvalue weighted by Crippen LogP contribution is -1.81. The summed E-state index contributed by atoms with van der Waals surface area (Å²) < 4.78 is 0. The highest BCUT2D eigenvalue weighted by Crippen LogP contribution is 2.17. The van der Waals surface area contributed by atoms with Crippen LogP contribution in [0.2, 0.25) is 5.15 Å². The predicted molar refractivity (Wildman–Crippen MR) is 50.3 cm³/mol. The van der Waals surface area contributed by atoms with E-state index in [1.165, 1.54) is 6.42 Å². The molecule has 0 saturated carbocycles. The Labute approximate surface area is 76.2 Å². The number of halogens is 1. The first-order valence-electron chi connectivity index (χ1n) is 3.58. The van der Waals surface area contributed by atoms with Crippen LogP contribution in [0.25, 0.3) is 0 Å². The average molecular weight is 188 g/mol. The largest absolute Gasteiger partial charge is 0.230 e. The van der Waals surface area contributed by atoms with Crippen molar-refractivity contribution in [2.24, 2.45) is 0 Å². The molecule has 60 valence electrons. The van der Waals surface area contributed by atoms with Gasteiger partial charge in [0.05, 0.1) is 5.03 Å². The maximum Gasteiger partial charge on any atom is 0.130 e. The first kappa shape index (κ1) is 8.88. The molecule has 0 fully saturated rings. The first-order chi connectivity index (χ1) is 5.33. The molecule has 1 aromatic heterocycles. The quantitative estimate of drug-likeness (QED) is 0.532. The second-order valence-corrected chi connectivity index (χ2v) is 3.65. The summed E-state index contributed by atoms with van der Waals surface area (Å²) in [5, 5.41) is 1.59. The highest BCUT2D eigenvalue weighted by Gasteiger charge is 1.94. The molecular formula is C8H10ClNS. The van der Waals surface area contributed by atoms with Gasteiger partial charge in [-0.25, -0.2) is 4.98 Å². The molecule has 0 amide bonds. The summed E-state index contributed by atoms with van der Waals surface area (Å²) in [7, 11) is 0. The number of nitrogens with zero attached hydrogens (tertiary/aromatic N) is 1. The number of rotatable bonds is 3. The van der Waals surface area contributed by atoms with E-state index in [2.05, 4.69) is 11.9 Å². The van der Waals surface area contributed by atoms with E-state index in [1.54, 1.807) is 17.8 Å². The summed E-state index contributed by atoms with van der Waals surface area (Å²) in [5.41, 5.74) is 0. The van der Waals surface area contributed by atoms with Crippen molar-refractivity contribution in [3.8, 4) is 0 Å². The number of hydrogen-bond acceptors (Lipinski definition) is 2. The molecule has 0 N–H and O–H groups in total. The molecule has 11 heavy (non-hydrogen) atoms. The van der Waals surface area contributed by atoms with E-state index >= 15 is 0 Å². The van der Waals surface area contributed by atoms with Crippen LogP contribution in [-0.4, -0.2) is 10.7 Å². The van der Waals surface area contributed by atoms with Gasteiger partial charge in [-0.2, -0.15) is 0 Å². The fourth-order valence-corrected chi connectivity index (χ4v) is 1.64. The highest BCUT2D eigenvalue weighted by atomic mass is 35.5. The van der Waals surface area contributed by atoms with Crippen LogP contribution in [0.5, 0.6) is 0 Å². The predicted octanol–water partition coefficient (Wildman–Crippen LogP) is 3.24. The van der Waals surface area contributed by atoms with Gasteiger partial charge in [0, 0.05) is 0 Å². The number of thioether (sulfide) groups is 1. The van der Waals surface area contributed by atoms with E-state index in [9.17, 15) is 0 Å². The van der Waals surface area contributed by atoms with Crippen LogP contribution in [-0.2, 0) is 0 Å². The molecule has 0 atom stereocenters. The van der Waals surface area contributed by atoms with E-state index in [-0.39, 0.29) is 0 Å². The van der Waals surface area contributed by atoms with Gasteiger partial charge in [0.15, 0.2) is 0 Å². The molecule has 0 unspecified atom stereocenters. The molecule has 0 bridgehead atoms. The van der Waals surface area contributed by atoms with Crippen LogP contribution in [0.3, 0.4) is 0 Å². The maximum absolute atomic E-state index is 5.70. The molecular weight excluding hydrogens is 178 g/mol. The van der Waals surface area contributed by atoms with Crippen LogP contribution in [0.15, 0.2) is 23.2 Å². The molecule has 0 aliphatic heterocycles. The van der Waals surface area contributed by atoms with Crippen molar-refractivity contribution in [1.82, 2.24) is 4.98 Å². The first-order valence-corrected chi connectivity index (χ1v) is 4.94. The number of aromatic nitrogens is 1. The molecule has 1 rings (SSSR count). The fraction of sp³-hybridized carbons (Fsp3) is 0.375. The molecule has 1 aromatic rings. The molecule has 0 radical (unpaired) electrons. The Kier molecular flexibility index (Phi) is 3.73. The van der Waals surface area contributed by atoms with Gasteiger partial charge in [-0.1, -0.05) is 24.6 Å². The van der Waals surface area contributed by atoms with Gasteiger partial charge in [0.2, 0.25) is 0 Å². The summed E-state index contributed by atoms with van der Waals surface area (Å²) in [6, 6.07) is 5.69. The van der Waals surface area contributed by atoms with Crippen molar-refractivity contribution >= 4 is 23.4 Å². The SMILES string of the molecule is CCCSc1cccc(Cl)n1. The third-order valence-corrected chi connectivity index (χ3v) is 2.49. The normalized spacial score (nSPS) is 10.0. The van der Waals surface area contributed by atoms with Gasteiger partial charge in [-0.15, -0.1) is 11.8 Å². The molecule has 1 nitrogen and oxygen atoms in total. The van der Waals surface area contributed by atoms with Gasteiger partial charge >= 0.3 is 0 Å². The van der Waals surface area contributed by atoms with Crippen LogP contribution in [0.1, 0.15) is 13.3 Å². The standard InChI is InChI=1S/C8H10ClNS/c1-2-6-11-8-5-3-4-7(9)10-8/h3-5H,2,6H2,1H3. The van der Waals surface area contributed by atoms with Crippen molar-refractivity contribution in [3.63, 3.8) is 0 Å². The smallest absolute Gasteiger partial charge is 0.130 e. The van der Waals surface area contributed by atoms with Crippen molar-refractivity contribution in [3.05, 3.63) is 23.4 Å². The lowest BCUT2D eigenvalue weighted by molar-refractivity contribution is 1.08. The molecule has 0 spiro atoms. The summed E-state index contributed by atoms with van der Waals surface area (Å²) in [5.74, 6) is 1.10. The minimum atomic E-state index is 0.575. The van der Waals surface area contributed by atoms with Crippen molar-refractivity contribution in [2.45, 2.75) is 18.4 Å². The Hall–Kier alpha value is -0.210. The molecule has 0 aliphatic carbocycles. The average Bonchev–Trinajstić information content (AvgIpc) is 2.01. The molecule has 3 heteroatoms. The minimum absolute atomic E-state index is 0.575. The van der Waals surface area contributed by atoms with Crippen molar-refractivity contribution in [1.29, 1.82) is 0 Å². The van der Waals surface area contributed by atoms with E-state index in [1.807, 2.05) is 12.1 Å². The van der Waals surface area contributed by atoms with Gasteiger partial charge in [0.1, 0.15) is 5.15 Å².